The summed E-state index contributed by atoms with van der Waals surface area (Å²) in [4.78, 5) is 24.3. The molecular weight excluding hydrogens is 410 g/mol. The van der Waals surface area contributed by atoms with E-state index >= 15 is 0 Å². The number of sulfonamides is 1. The average Bonchev–Trinajstić information content (AvgIpc) is 2.68. The van der Waals surface area contributed by atoms with Crippen LogP contribution in [0.1, 0.15) is 20.8 Å². The van der Waals surface area contributed by atoms with Crippen LogP contribution in [-0.4, -0.2) is 43.4 Å². The lowest BCUT2D eigenvalue weighted by Crippen LogP contribution is -2.30. The number of nitrogens with one attached hydrogen (secondary N) is 2. The molecule has 0 atom stereocenters. The van der Waals surface area contributed by atoms with Crippen molar-refractivity contribution in [1.82, 2.24) is 4.31 Å². The molecule has 0 aromatic heterocycles. The second-order valence-electron chi connectivity index (χ2n) is 6.16. The van der Waals surface area contributed by atoms with Crippen molar-refractivity contribution >= 4 is 45.0 Å². The molecule has 0 aliphatic heterocycles. The number of hydrogen-bond acceptors (Lipinski definition) is 5. The first-order valence-corrected chi connectivity index (χ1v) is 11.6. The Morgan fingerprint density at radius 2 is 1.62 bits per heavy atom. The van der Waals surface area contributed by atoms with E-state index in [2.05, 4.69) is 10.6 Å². The Morgan fingerprint density at radius 3 is 2.21 bits per heavy atom. The van der Waals surface area contributed by atoms with Gasteiger partial charge in [0.25, 0.3) is 0 Å². The summed E-state index contributed by atoms with van der Waals surface area (Å²) >= 11 is 1.35. The summed E-state index contributed by atoms with van der Waals surface area (Å²) in [5.74, 6) is -0.208. The van der Waals surface area contributed by atoms with Crippen molar-refractivity contribution in [3.8, 4) is 0 Å². The number of rotatable bonds is 9. The molecule has 2 N–H and O–H groups in total. The summed E-state index contributed by atoms with van der Waals surface area (Å²) < 4.78 is 26.6. The van der Waals surface area contributed by atoms with Gasteiger partial charge in [-0.05, 0) is 42.5 Å². The van der Waals surface area contributed by atoms with Crippen molar-refractivity contribution in [2.45, 2.75) is 30.6 Å². The number of amides is 2. The summed E-state index contributed by atoms with van der Waals surface area (Å²) in [5, 5.41) is 5.42. The number of nitrogens with zero attached hydrogens (tertiary/aromatic N) is 1. The Bertz CT molecular complexity index is 956. The summed E-state index contributed by atoms with van der Waals surface area (Å²) in [5.41, 5.74) is 1.13. The van der Waals surface area contributed by atoms with E-state index in [1.807, 2.05) is 12.1 Å². The highest BCUT2D eigenvalue weighted by Crippen LogP contribution is 2.22. The fraction of sp³-hybridized carbons (Fsp3) is 0.300. The molecule has 29 heavy (non-hydrogen) atoms. The highest BCUT2D eigenvalue weighted by molar-refractivity contribution is 8.00. The topological polar surface area (TPSA) is 95.6 Å². The molecule has 0 fully saturated rings. The maximum absolute atomic E-state index is 12.6. The summed E-state index contributed by atoms with van der Waals surface area (Å²) in [6.07, 6.45) is 0. The Labute approximate surface area is 175 Å². The third-order valence-electron chi connectivity index (χ3n) is 4.01. The van der Waals surface area contributed by atoms with Crippen LogP contribution in [0, 0.1) is 0 Å². The molecule has 2 aromatic carbocycles. The Hall–Kier alpha value is -2.36. The smallest absolute Gasteiger partial charge is 0.243 e. The van der Waals surface area contributed by atoms with Crippen LogP contribution >= 0.6 is 11.8 Å². The highest BCUT2D eigenvalue weighted by atomic mass is 32.2. The van der Waals surface area contributed by atoms with Crippen LogP contribution in [0.4, 0.5) is 11.4 Å². The lowest BCUT2D eigenvalue weighted by Gasteiger charge is -2.18. The molecule has 0 saturated carbocycles. The molecule has 0 unspecified atom stereocenters. The number of benzene rings is 2. The van der Waals surface area contributed by atoms with Gasteiger partial charge in [-0.2, -0.15) is 4.31 Å². The van der Waals surface area contributed by atoms with E-state index in [0.29, 0.717) is 24.5 Å². The average molecular weight is 436 g/mol. The van der Waals surface area contributed by atoms with Crippen LogP contribution in [0.3, 0.4) is 0 Å². The van der Waals surface area contributed by atoms with Gasteiger partial charge in [-0.15, -0.1) is 11.8 Å². The van der Waals surface area contributed by atoms with Gasteiger partial charge in [-0.25, -0.2) is 8.42 Å². The molecule has 0 aliphatic carbocycles. The van der Waals surface area contributed by atoms with Gasteiger partial charge < -0.3 is 10.6 Å². The van der Waals surface area contributed by atoms with Gasteiger partial charge in [0.1, 0.15) is 0 Å². The molecule has 0 radical (unpaired) electrons. The van der Waals surface area contributed by atoms with Gasteiger partial charge in [-0.3, -0.25) is 9.59 Å². The van der Waals surface area contributed by atoms with E-state index in [9.17, 15) is 18.0 Å². The van der Waals surface area contributed by atoms with E-state index < -0.39 is 10.0 Å². The number of thioether (sulfide) groups is 1. The van der Waals surface area contributed by atoms with Crippen LogP contribution in [-0.2, 0) is 19.6 Å². The monoisotopic (exact) mass is 435 g/mol. The predicted molar refractivity (Wildman–Crippen MR) is 117 cm³/mol. The maximum Gasteiger partial charge on any atom is 0.243 e. The molecule has 0 saturated heterocycles. The third kappa shape index (κ3) is 6.59. The Balaban J connectivity index is 1.98. The second-order valence-corrected chi connectivity index (χ2v) is 9.15. The van der Waals surface area contributed by atoms with E-state index in [1.54, 1.807) is 38.1 Å². The molecule has 0 heterocycles. The first kappa shape index (κ1) is 22.9. The summed E-state index contributed by atoms with van der Waals surface area (Å²) in [6.45, 7) is 5.77. The molecule has 0 spiro atoms. The van der Waals surface area contributed by atoms with Crippen LogP contribution in [0.25, 0.3) is 0 Å². The normalized spacial score (nSPS) is 11.3. The number of carbonyl (C=O) groups excluding carboxylic acids is 2. The molecule has 2 rings (SSSR count). The maximum atomic E-state index is 12.6. The lowest BCUT2D eigenvalue weighted by molar-refractivity contribution is -0.114. The van der Waals surface area contributed by atoms with Gasteiger partial charge in [0.05, 0.1) is 10.6 Å². The fourth-order valence-corrected chi connectivity index (χ4v) is 4.83. The minimum Gasteiger partial charge on any atom is -0.326 e. The fourth-order valence-electron chi connectivity index (χ4n) is 2.63. The van der Waals surface area contributed by atoms with Gasteiger partial charge >= 0.3 is 0 Å². The first-order chi connectivity index (χ1) is 13.8. The van der Waals surface area contributed by atoms with Gasteiger partial charge in [0.15, 0.2) is 0 Å². The van der Waals surface area contributed by atoms with Crippen LogP contribution in [0.5, 0.6) is 0 Å². The van der Waals surface area contributed by atoms with E-state index in [4.69, 9.17) is 0 Å². The zero-order valence-corrected chi connectivity index (χ0v) is 18.3. The summed E-state index contributed by atoms with van der Waals surface area (Å²) in [7, 11) is -3.58. The first-order valence-electron chi connectivity index (χ1n) is 9.16. The zero-order chi connectivity index (χ0) is 21.4. The standard InChI is InChI=1S/C20H25N3O4S2/c1-4-23(5-2)29(26,27)19-8-6-7-17(13-19)22-20(25)14-28-18-11-9-16(10-12-18)21-15(3)24/h6-13H,4-5,14H2,1-3H3,(H,21,24)(H,22,25). The highest BCUT2D eigenvalue weighted by Gasteiger charge is 2.21. The molecule has 2 aromatic rings. The van der Waals surface area contributed by atoms with E-state index in [-0.39, 0.29) is 22.5 Å². The minimum absolute atomic E-state index is 0.144. The molecule has 0 aliphatic rings. The van der Waals surface area contributed by atoms with Gasteiger partial charge in [-0.1, -0.05) is 19.9 Å². The third-order valence-corrected chi connectivity index (χ3v) is 7.06. The van der Waals surface area contributed by atoms with Crippen molar-refractivity contribution in [3.05, 3.63) is 48.5 Å². The predicted octanol–water partition coefficient (Wildman–Crippen LogP) is 3.41. The van der Waals surface area contributed by atoms with Gasteiger partial charge in [0.2, 0.25) is 21.8 Å². The van der Waals surface area contributed by atoms with Crippen LogP contribution < -0.4 is 10.6 Å². The largest absolute Gasteiger partial charge is 0.326 e. The van der Waals surface area contributed by atoms with Crippen molar-refractivity contribution in [2.24, 2.45) is 0 Å². The van der Waals surface area contributed by atoms with Gasteiger partial charge in [0, 0.05) is 36.3 Å². The molecule has 156 valence electrons. The summed E-state index contributed by atoms with van der Waals surface area (Å²) in [6, 6.07) is 13.4. The molecular formula is C20H25N3O4S2. The van der Waals surface area contributed by atoms with Crippen molar-refractivity contribution in [3.63, 3.8) is 0 Å². The minimum atomic E-state index is -3.58. The number of carbonyl (C=O) groups is 2. The van der Waals surface area contributed by atoms with Crippen LogP contribution in [0.15, 0.2) is 58.3 Å². The zero-order valence-electron chi connectivity index (χ0n) is 16.6. The van der Waals surface area contributed by atoms with E-state index in [1.165, 1.54) is 35.1 Å². The van der Waals surface area contributed by atoms with Crippen LogP contribution in [0.2, 0.25) is 0 Å². The van der Waals surface area contributed by atoms with Crippen molar-refractivity contribution in [2.75, 3.05) is 29.5 Å². The second kappa shape index (κ2) is 10.4. The number of hydrogen-bond donors (Lipinski definition) is 2. The molecule has 2 amide bonds. The molecule has 7 nitrogen and oxygen atoms in total. The Kier molecular flexibility index (Phi) is 8.24. The molecule has 9 heteroatoms. The lowest BCUT2D eigenvalue weighted by atomic mass is 10.3. The number of anilines is 2. The quantitative estimate of drug-likeness (QED) is 0.589. The Morgan fingerprint density at radius 1 is 0.966 bits per heavy atom. The SMILES string of the molecule is CCN(CC)S(=O)(=O)c1cccc(NC(=O)CSc2ccc(NC(C)=O)cc2)c1. The van der Waals surface area contributed by atoms with Crippen molar-refractivity contribution in [1.29, 1.82) is 0 Å². The molecule has 0 bridgehead atoms. The van der Waals surface area contributed by atoms with Crippen molar-refractivity contribution < 1.29 is 18.0 Å². The van der Waals surface area contributed by atoms with E-state index in [0.717, 1.165) is 4.90 Å².